The molecule has 8 nitrogen and oxygen atoms in total. The number of nitrogens with zero attached hydrogens (tertiary/aromatic N) is 2. The molecule has 0 spiro atoms. The maximum absolute atomic E-state index is 12.9. The second-order valence-corrected chi connectivity index (χ2v) is 9.86. The van der Waals surface area contributed by atoms with Gasteiger partial charge in [-0.2, -0.15) is 0 Å². The van der Waals surface area contributed by atoms with Crippen molar-refractivity contribution in [1.82, 2.24) is 9.80 Å². The fourth-order valence-electron chi connectivity index (χ4n) is 4.23. The number of nitrogens with one attached hydrogen (secondary N) is 2. The van der Waals surface area contributed by atoms with Gasteiger partial charge in [-0.1, -0.05) is 30.7 Å². The van der Waals surface area contributed by atoms with Crippen LogP contribution in [-0.4, -0.2) is 61.6 Å². The first kappa shape index (κ1) is 26.9. The summed E-state index contributed by atoms with van der Waals surface area (Å²) in [6, 6.07) is 14.6. The van der Waals surface area contributed by atoms with E-state index in [0.717, 1.165) is 30.4 Å². The molecule has 0 saturated heterocycles. The van der Waals surface area contributed by atoms with E-state index in [1.807, 2.05) is 24.3 Å². The van der Waals surface area contributed by atoms with Crippen LogP contribution in [0.15, 0.2) is 48.5 Å². The third kappa shape index (κ3) is 7.66. The second-order valence-electron chi connectivity index (χ2n) is 9.86. The molecule has 2 aromatic carbocycles. The largest absolute Gasteiger partial charge is 0.349 e. The Balaban J connectivity index is 1.51. The molecule has 0 bridgehead atoms. The number of likely N-dealkylation sites (N-methyl/N-ethyl adjacent to an activating group) is 2. The van der Waals surface area contributed by atoms with Gasteiger partial charge in [-0.05, 0) is 54.7 Å². The molecule has 0 aliphatic heterocycles. The van der Waals surface area contributed by atoms with Crippen molar-refractivity contribution >= 4 is 35.0 Å². The Labute approximate surface area is 213 Å². The van der Waals surface area contributed by atoms with E-state index in [4.69, 9.17) is 0 Å². The SMILES string of the molecule is CN(C)C(=O)Cc1ccc(NC(=O)C2CCCC(C(=O)Nc3ccc(CC(=O)N(C)C)cc3)C2)cc1. The maximum atomic E-state index is 12.9. The van der Waals surface area contributed by atoms with Crippen molar-refractivity contribution < 1.29 is 19.2 Å². The summed E-state index contributed by atoms with van der Waals surface area (Å²) < 4.78 is 0. The molecule has 2 atom stereocenters. The van der Waals surface area contributed by atoms with E-state index >= 15 is 0 Å². The van der Waals surface area contributed by atoms with Gasteiger partial charge in [-0.25, -0.2) is 0 Å². The van der Waals surface area contributed by atoms with Crippen molar-refractivity contribution in [2.75, 3.05) is 38.8 Å². The van der Waals surface area contributed by atoms with E-state index in [0.29, 0.717) is 30.6 Å². The first-order valence-corrected chi connectivity index (χ1v) is 12.3. The number of rotatable bonds is 8. The van der Waals surface area contributed by atoms with Crippen molar-refractivity contribution in [2.24, 2.45) is 11.8 Å². The van der Waals surface area contributed by atoms with Gasteiger partial charge >= 0.3 is 0 Å². The standard InChI is InChI=1S/C28H36N4O4/c1-31(2)25(33)16-19-8-12-23(13-9-19)29-27(35)21-6-5-7-22(18-21)28(36)30-24-14-10-20(11-15-24)17-26(34)32(3)4/h8-15,21-22H,5-7,16-18H2,1-4H3,(H,29,35)(H,30,36). The zero-order chi connectivity index (χ0) is 26.2. The van der Waals surface area contributed by atoms with Gasteiger partial charge < -0.3 is 20.4 Å². The quantitative estimate of drug-likeness (QED) is 0.591. The van der Waals surface area contributed by atoms with E-state index in [1.54, 1.807) is 62.3 Å². The highest BCUT2D eigenvalue weighted by molar-refractivity contribution is 5.95. The van der Waals surface area contributed by atoms with Crippen molar-refractivity contribution in [1.29, 1.82) is 0 Å². The molecule has 3 rings (SSSR count). The normalized spacial score (nSPS) is 17.1. The van der Waals surface area contributed by atoms with Crippen LogP contribution in [0, 0.1) is 11.8 Å². The highest BCUT2D eigenvalue weighted by Crippen LogP contribution is 2.31. The summed E-state index contributed by atoms with van der Waals surface area (Å²) >= 11 is 0. The highest BCUT2D eigenvalue weighted by Gasteiger charge is 2.31. The Hall–Kier alpha value is -3.68. The summed E-state index contributed by atoms with van der Waals surface area (Å²) in [7, 11) is 6.89. The van der Waals surface area contributed by atoms with E-state index in [1.165, 1.54) is 0 Å². The number of anilines is 2. The molecule has 1 fully saturated rings. The van der Waals surface area contributed by atoms with Gasteiger partial charge in [0.15, 0.2) is 0 Å². The van der Waals surface area contributed by atoms with Crippen LogP contribution < -0.4 is 10.6 Å². The summed E-state index contributed by atoms with van der Waals surface area (Å²) in [6.07, 6.45) is 3.45. The predicted octanol–water partition coefficient (Wildman–Crippen LogP) is 3.33. The minimum absolute atomic E-state index is 0.0219. The van der Waals surface area contributed by atoms with Gasteiger partial charge in [0, 0.05) is 51.4 Å². The molecule has 0 radical (unpaired) electrons. The van der Waals surface area contributed by atoms with Crippen LogP contribution in [0.5, 0.6) is 0 Å². The molecular weight excluding hydrogens is 456 g/mol. The lowest BCUT2D eigenvalue weighted by Gasteiger charge is -2.27. The topological polar surface area (TPSA) is 98.8 Å². The van der Waals surface area contributed by atoms with Crippen molar-refractivity contribution in [3.63, 3.8) is 0 Å². The first-order valence-electron chi connectivity index (χ1n) is 12.3. The zero-order valence-corrected chi connectivity index (χ0v) is 21.5. The van der Waals surface area contributed by atoms with Gasteiger partial charge in [0.2, 0.25) is 23.6 Å². The van der Waals surface area contributed by atoms with Crippen molar-refractivity contribution in [2.45, 2.75) is 38.5 Å². The van der Waals surface area contributed by atoms with Gasteiger partial charge in [0.25, 0.3) is 0 Å². The number of carbonyl (C=O) groups excluding carboxylic acids is 4. The Morgan fingerprint density at radius 2 is 1.03 bits per heavy atom. The Morgan fingerprint density at radius 3 is 1.36 bits per heavy atom. The van der Waals surface area contributed by atoms with Crippen LogP contribution in [0.25, 0.3) is 0 Å². The zero-order valence-electron chi connectivity index (χ0n) is 21.5. The predicted molar refractivity (Wildman–Crippen MR) is 140 cm³/mol. The van der Waals surface area contributed by atoms with Gasteiger partial charge in [0.05, 0.1) is 12.8 Å². The summed E-state index contributed by atoms with van der Waals surface area (Å²) in [4.78, 5) is 52.6. The monoisotopic (exact) mass is 492 g/mol. The summed E-state index contributed by atoms with van der Waals surface area (Å²) in [5.74, 6) is -0.589. The summed E-state index contributed by atoms with van der Waals surface area (Å²) in [5.41, 5.74) is 3.14. The van der Waals surface area contributed by atoms with Crippen LogP contribution in [0.3, 0.4) is 0 Å². The third-order valence-corrected chi connectivity index (χ3v) is 6.57. The molecule has 4 amide bonds. The number of benzene rings is 2. The molecule has 2 N–H and O–H groups in total. The van der Waals surface area contributed by atoms with Gasteiger partial charge in [-0.3, -0.25) is 19.2 Å². The smallest absolute Gasteiger partial charge is 0.227 e. The molecule has 192 valence electrons. The molecule has 0 aromatic heterocycles. The minimum Gasteiger partial charge on any atom is -0.349 e. The summed E-state index contributed by atoms with van der Waals surface area (Å²) in [5, 5.41) is 5.91. The molecule has 0 heterocycles. The molecule has 1 aliphatic carbocycles. The minimum atomic E-state index is -0.232. The Morgan fingerprint density at radius 1 is 0.667 bits per heavy atom. The van der Waals surface area contributed by atoms with Crippen LogP contribution in [0.4, 0.5) is 11.4 Å². The fourth-order valence-corrected chi connectivity index (χ4v) is 4.23. The van der Waals surface area contributed by atoms with Crippen molar-refractivity contribution in [3.8, 4) is 0 Å². The molecule has 1 saturated carbocycles. The van der Waals surface area contributed by atoms with Gasteiger partial charge in [-0.15, -0.1) is 0 Å². The fraction of sp³-hybridized carbons (Fsp3) is 0.429. The van der Waals surface area contributed by atoms with E-state index in [9.17, 15) is 19.2 Å². The number of hydrogen-bond acceptors (Lipinski definition) is 4. The lowest BCUT2D eigenvalue weighted by atomic mass is 9.80. The second kappa shape index (κ2) is 12.3. The maximum Gasteiger partial charge on any atom is 0.227 e. The first-order chi connectivity index (χ1) is 17.1. The molecular formula is C28H36N4O4. The van der Waals surface area contributed by atoms with Gasteiger partial charge in [0.1, 0.15) is 0 Å². The third-order valence-electron chi connectivity index (χ3n) is 6.57. The summed E-state index contributed by atoms with van der Waals surface area (Å²) in [6.45, 7) is 0. The van der Waals surface area contributed by atoms with E-state index in [-0.39, 0.29) is 35.5 Å². The van der Waals surface area contributed by atoms with Crippen molar-refractivity contribution in [3.05, 3.63) is 59.7 Å². The number of amides is 4. The Bertz CT molecular complexity index is 992. The van der Waals surface area contributed by atoms with E-state index in [2.05, 4.69) is 10.6 Å². The molecule has 1 aliphatic rings. The molecule has 2 unspecified atom stereocenters. The highest BCUT2D eigenvalue weighted by atomic mass is 16.2. The molecule has 2 aromatic rings. The average molecular weight is 493 g/mol. The lowest BCUT2D eigenvalue weighted by molar-refractivity contribution is -0.128. The van der Waals surface area contributed by atoms with Crippen LogP contribution in [-0.2, 0) is 32.0 Å². The van der Waals surface area contributed by atoms with E-state index < -0.39 is 0 Å². The lowest BCUT2D eigenvalue weighted by Crippen LogP contribution is -2.33. The number of carbonyl (C=O) groups is 4. The number of hydrogen-bond donors (Lipinski definition) is 2. The molecule has 36 heavy (non-hydrogen) atoms. The van der Waals surface area contributed by atoms with Crippen LogP contribution in [0.1, 0.15) is 36.8 Å². The molecule has 8 heteroatoms. The van der Waals surface area contributed by atoms with Crippen LogP contribution in [0.2, 0.25) is 0 Å². The average Bonchev–Trinajstić information content (AvgIpc) is 2.86. The Kier molecular flexibility index (Phi) is 9.22. The van der Waals surface area contributed by atoms with Crippen LogP contribution >= 0.6 is 0 Å².